The van der Waals surface area contributed by atoms with Crippen LogP contribution in [-0.4, -0.2) is 17.3 Å². The molecule has 0 aromatic rings. The third-order valence-corrected chi connectivity index (χ3v) is 0.947. The molecule has 54 valence electrons. The van der Waals surface area contributed by atoms with Gasteiger partial charge in [-0.3, -0.25) is 0 Å². The van der Waals surface area contributed by atoms with E-state index >= 15 is 0 Å². The summed E-state index contributed by atoms with van der Waals surface area (Å²) in [7, 11) is 0. The van der Waals surface area contributed by atoms with Gasteiger partial charge < -0.3 is 10.4 Å². The van der Waals surface area contributed by atoms with Crippen molar-refractivity contribution in [1.82, 2.24) is 5.32 Å². The average molecular weight is 129 g/mol. The Hall–Kier alpha value is -0.500. The second kappa shape index (κ2) is 2.87. The molecule has 0 spiro atoms. The van der Waals surface area contributed by atoms with E-state index in [1.807, 2.05) is 20.8 Å². The minimum absolute atomic E-state index is 0.125. The molecule has 0 bridgehead atoms. The molecule has 0 rings (SSSR count). The predicted molar refractivity (Wildman–Crippen MR) is 39.1 cm³/mol. The maximum Gasteiger partial charge on any atom is 0.0656 e. The van der Waals surface area contributed by atoms with Crippen LogP contribution in [-0.2, 0) is 0 Å². The minimum atomic E-state index is -0.230. The molecule has 2 N–H and O–H groups in total. The minimum Gasteiger partial charge on any atom is -0.394 e. The molecule has 0 unspecified atom stereocenters. The van der Waals surface area contributed by atoms with Crippen LogP contribution in [0.25, 0.3) is 0 Å². The maximum absolute atomic E-state index is 8.74. The topological polar surface area (TPSA) is 32.3 Å². The van der Waals surface area contributed by atoms with Crippen LogP contribution in [0.4, 0.5) is 0 Å². The lowest BCUT2D eigenvalue weighted by atomic mass is 10.1. The summed E-state index contributed by atoms with van der Waals surface area (Å²) in [5, 5.41) is 11.8. The smallest absolute Gasteiger partial charge is 0.0656 e. The van der Waals surface area contributed by atoms with Gasteiger partial charge in [0.05, 0.1) is 12.1 Å². The van der Waals surface area contributed by atoms with E-state index in [4.69, 9.17) is 5.11 Å². The summed E-state index contributed by atoms with van der Waals surface area (Å²) in [5.41, 5.74) is 0.653. The molecule has 0 aromatic heterocycles. The summed E-state index contributed by atoms with van der Waals surface area (Å²) in [6.45, 7) is 9.50. The number of hydrogen-bond acceptors (Lipinski definition) is 2. The number of rotatable bonds is 3. The van der Waals surface area contributed by atoms with Crippen LogP contribution in [0.2, 0.25) is 0 Å². The Kier molecular flexibility index (Phi) is 2.71. The van der Waals surface area contributed by atoms with E-state index in [1.54, 1.807) is 0 Å². The number of aliphatic hydroxyl groups excluding tert-OH is 1. The summed E-state index contributed by atoms with van der Waals surface area (Å²) < 4.78 is 0. The molecule has 0 fully saturated rings. The first-order valence-corrected chi connectivity index (χ1v) is 3.02. The zero-order chi connectivity index (χ0) is 7.49. The van der Waals surface area contributed by atoms with Crippen molar-refractivity contribution < 1.29 is 5.11 Å². The lowest BCUT2D eigenvalue weighted by Crippen LogP contribution is -2.41. The van der Waals surface area contributed by atoms with Gasteiger partial charge in [-0.2, -0.15) is 0 Å². The van der Waals surface area contributed by atoms with Gasteiger partial charge in [0.1, 0.15) is 0 Å². The molecule has 2 heteroatoms. The molecule has 0 atom stereocenters. The van der Waals surface area contributed by atoms with Crippen LogP contribution in [0.5, 0.6) is 0 Å². The summed E-state index contributed by atoms with van der Waals surface area (Å²) in [5.74, 6) is 0. The van der Waals surface area contributed by atoms with Gasteiger partial charge in [-0.1, -0.05) is 6.58 Å². The van der Waals surface area contributed by atoms with Crippen LogP contribution in [0.15, 0.2) is 12.3 Å². The largest absolute Gasteiger partial charge is 0.394 e. The standard InChI is InChI=1S/C7H15NO/c1-6(2)8-7(3,4)5-9/h8-9H,1,5H2,2-4H3. The van der Waals surface area contributed by atoms with Crippen molar-refractivity contribution in [1.29, 1.82) is 0 Å². The van der Waals surface area contributed by atoms with Crippen LogP contribution < -0.4 is 5.32 Å². The fourth-order valence-corrected chi connectivity index (χ4v) is 0.617. The Morgan fingerprint density at radius 3 is 2.22 bits per heavy atom. The normalized spacial score (nSPS) is 11.1. The van der Waals surface area contributed by atoms with Crippen molar-refractivity contribution in [2.45, 2.75) is 26.3 Å². The summed E-state index contributed by atoms with van der Waals surface area (Å²) >= 11 is 0. The molecule has 0 saturated carbocycles. The van der Waals surface area contributed by atoms with Gasteiger partial charge in [0, 0.05) is 5.70 Å². The molecule has 0 saturated heterocycles. The highest BCUT2D eigenvalue weighted by atomic mass is 16.3. The van der Waals surface area contributed by atoms with E-state index in [1.165, 1.54) is 0 Å². The van der Waals surface area contributed by atoms with E-state index in [-0.39, 0.29) is 12.1 Å². The van der Waals surface area contributed by atoms with E-state index in [0.29, 0.717) is 0 Å². The van der Waals surface area contributed by atoms with Gasteiger partial charge in [-0.05, 0) is 20.8 Å². The zero-order valence-electron chi connectivity index (χ0n) is 6.36. The van der Waals surface area contributed by atoms with E-state index in [0.717, 1.165) is 5.70 Å². The first kappa shape index (κ1) is 8.50. The first-order chi connectivity index (χ1) is 3.98. The second-order valence-corrected chi connectivity index (χ2v) is 2.95. The van der Waals surface area contributed by atoms with Gasteiger partial charge in [0.2, 0.25) is 0 Å². The van der Waals surface area contributed by atoms with Crippen molar-refractivity contribution in [3.8, 4) is 0 Å². The van der Waals surface area contributed by atoms with Crippen molar-refractivity contribution in [3.05, 3.63) is 12.3 Å². The molecule has 0 aromatic carbocycles. The molecular weight excluding hydrogens is 114 g/mol. The van der Waals surface area contributed by atoms with Crippen molar-refractivity contribution in [3.63, 3.8) is 0 Å². The third kappa shape index (κ3) is 4.03. The summed E-state index contributed by atoms with van der Waals surface area (Å²) in [4.78, 5) is 0. The number of aliphatic hydroxyl groups is 1. The molecule has 0 heterocycles. The van der Waals surface area contributed by atoms with Gasteiger partial charge in [-0.25, -0.2) is 0 Å². The number of hydrogen-bond donors (Lipinski definition) is 2. The highest BCUT2D eigenvalue weighted by Gasteiger charge is 2.13. The highest BCUT2D eigenvalue weighted by molar-refractivity contribution is 4.93. The first-order valence-electron chi connectivity index (χ1n) is 3.02. The predicted octanol–water partition coefficient (Wildman–Crippen LogP) is 0.880. The fourth-order valence-electron chi connectivity index (χ4n) is 0.617. The second-order valence-electron chi connectivity index (χ2n) is 2.95. The number of nitrogens with one attached hydrogen (secondary N) is 1. The molecule has 0 aliphatic carbocycles. The molecule has 0 amide bonds. The quantitative estimate of drug-likeness (QED) is 0.593. The van der Waals surface area contributed by atoms with E-state index < -0.39 is 0 Å². The van der Waals surface area contributed by atoms with Gasteiger partial charge in [0.15, 0.2) is 0 Å². The third-order valence-electron chi connectivity index (χ3n) is 0.947. The molecule has 9 heavy (non-hydrogen) atoms. The number of allylic oxidation sites excluding steroid dienone is 1. The summed E-state index contributed by atoms with van der Waals surface area (Å²) in [6.07, 6.45) is 0. The molecule has 0 aliphatic rings. The Morgan fingerprint density at radius 2 is 2.11 bits per heavy atom. The lowest BCUT2D eigenvalue weighted by molar-refractivity contribution is 0.198. The molecule has 2 nitrogen and oxygen atoms in total. The van der Waals surface area contributed by atoms with E-state index in [9.17, 15) is 0 Å². The highest BCUT2D eigenvalue weighted by Crippen LogP contribution is 2.01. The van der Waals surface area contributed by atoms with Gasteiger partial charge in [-0.15, -0.1) is 0 Å². The Labute approximate surface area is 56.6 Å². The lowest BCUT2D eigenvalue weighted by Gasteiger charge is -2.24. The Bertz CT molecular complexity index is 107. The molecule has 0 aliphatic heterocycles. The van der Waals surface area contributed by atoms with Crippen molar-refractivity contribution >= 4 is 0 Å². The zero-order valence-corrected chi connectivity index (χ0v) is 6.36. The fraction of sp³-hybridized carbons (Fsp3) is 0.714. The monoisotopic (exact) mass is 129 g/mol. The SMILES string of the molecule is C=C(C)NC(C)(C)CO. The Balaban J connectivity index is 3.71. The molecule has 0 radical (unpaired) electrons. The Morgan fingerprint density at radius 1 is 1.67 bits per heavy atom. The van der Waals surface area contributed by atoms with Crippen molar-refractivity contribution in [2.75, 3.05) is 6.61 Å². The van der Waals surface area contributed by atoms with Crippen LogP contribution in [0.1, 0.15) is 20.8 Å². The van der Waals surface area contributed by atoms with E-state index in [2.05, 4.69) is 11.9 Å². The molecular formula is C7H15NO. The van der Waals surface area contributed by atoms with Crippen LogP contribution >= 0.6 is 0 Å². The maximum atomic E-state index is 8.74. The average Bonchev–Trinajstić information content (AvgIpc) is 1.63. The van der Waals surface area contributed by atoms with Crippen LogP contribution in [0, 0.1) is 0 Å². The van der Waals surface area contributed by atoms with Crippen molar-refractivity contribution in [2.24, 2.45) is 0 Å². The van der Waals surface area contributed by atoms with Gasteiger partial charge in [0.25, 0.3) is 0 Å². The van der Waals surface area contributed by atoms with Gasteiger partial charge >= 0.3 is 0 Å². The van der Waals surface area contributed by atoms with Crippen LogP contribution in [0.3, 0.4) is 0 Å². The summed E-state index contributed by atoms with van der Waals surface area (Å²) in [6, 6.07) is 0.